The summed E-state index contributed by atoms with van der Waals surface area (Å²) in [6, 6.07) is 5.03. The number of methoxy groups -OCH3 is 1. The van der Waals surface area contributed by atoms with Crippen LogP contribution < -0.4 is 9.47 Å². The Hall–Kier alpha value is -3.01. The summed E-state index contributed by atoms with van der Waals surface area (Å²) >= 11 is 1.12. The van der Waals surface area contributed by atoms with E-state index in [2.05, 4.69) is 14.7 Å². The molecule has 136 valence electrons. The van der Waals surface area contributed by atoms with Gasteiger partial charge in [-0.05, 0) is 30.6 Å². The van der Waals surface area contributed by atoms with Crippen molar-refractivity contribution in [1.29, 1.82) is 0 Å². The number of carbonyl (C=O) groups is 2. The predicted molar refractivity (Wildman–Crippen MR) is 91.8 cm³/mol. The molecule has 26 heavy (non-hydrogen) atoms. The summed E-state index contributed by atoms with van der Waals surface area (Å²) in [4.78, 5) is 24.2. The van der Waals surface area contributed by atoms with E-state index in [0.29, 0.717) is 21.9 Å². The molecule has 0 bridgehead atoms. The van der Waals surface area contributed by atoms with Gasteiger partial charge in [-0.2, -0.15) is 5.01 Å². The maximum absolute atomic E-state index is 12.1. The number of nitrogens with zero attached hydrogens (tertiary/aromatic N) is 4. The van der Waals surface area contributed by atoms with Crippen LogP contribution in [0.3, 0.4) is 0 Å². The van der Waals surface area contributed by atoms with Gasteiger partial charge in [0.1, 0.15) is 4.88 Å². The lowest BCUT2D eigenvalue weighted by Crippen LogP contribution is -2.26. The molecule has 0 saturated heterocycles. The van der Waals surface area contributed by atoms with E-state index in [9.17, 15) is 9.59 Å². The molecule has 0 fully saturated rings. The van der Waals surface area contributed by atoms with Crippen molar-refractivity contribution in [2.45, 2.75) is 27.0 Å². The molecule has 0 N–H and O–H groups in total. The van der Waals surface area contributed by atoms with E-state index >= 15 is 0 Å². The third-order valence-electron chi connectivity index (χ3n) is 3.55. The molecule has 0 saturated carbocycles. The first-order valence-electron chi connectivity index (χ1n) is 7.62. The molecule has 1 unspecified atom stereocenters. The number of carbonyl (C=O) groups excluding carboxylic acids is 2. The van der Waals surface area contributed by atoms with Gasteiger partial charge in [0.25, 0.3) is 5.90 Å². The number of rotatable bonds is 4. The van der Waals surface area contributed by atoms with Gasteiger partial charge < -0.3 is 14.2 Å². The number of ether oxygens (including phenoxy) is 3. The predicted octanol–water partition coefficient (Wildman–Crippen LogP) is 2.02. The molecule has 10 heteroatoms. The molecule has 1 aliphatic heterocycles. The van der Waals surface area contributed by atoms with Crippen LogP contribution in [0, 0.1) is 6.92 Å². The monoisotopic (exact) mass is 376 g/mol. The maximum Gasteiger partial charge on any atom is 0.308 e. The van der Waals surface area contributed by atoms with Crippen molar-refractivity contribution in [3.8, 4) is 11.5 Å². The Bertz CT molecular complexity index is 895. The molecule has 1 atom stereocenters. The quantitative estimate of drug-likeness (QED) is 0.594. The fraction of sp³-hybridized carbons (Fsp3) is 0.312. The Morgan fingerprint density at radius 1 is 1.31 bits per heavy atom. The zero-order valence-electron chi connectivity index (χ0n) is 14.5. The zero-order valence-corrected chi connectivity index (χ0v) is 15.4. The van der Waals surface area contributed by atoms with Gasteiger partial charge in [0.05, 0.1) is 18.4 Å². The van der Waals surface area contributed by atoms with Crippen LogP contribution in [0.25, 0.3) is 0 Å². The van der Waals surface area contributed by atoms with Crippen LogP contribution in [0.15, 0.2) is 23.3 Å². The summed E-state index contributed by atoms with van der Waals surface area (Å²) in [6.45, 7) is 4.42. The molecule has 2 aromatic rings. The normalized spacial score (nSPS) is 16.1. The topological polar surface area (TPSA) is 103 Å². The van der Waals surface area contributed by atoms with Crippen LogP contribution in [-0.2, 0) is 14.3 Å². The minimum Gasteiger partial charge on any atom is -0.493 e. The lowest BCUT2D eigenvalue weighted by Gasteiger charge is -2.22. The molecule has 2 heterocycles. The molecular formula is C16H16N4O5S. The number of esters is 1. The number of hydrogen-bond acceptors (Lipinski definition) is 9. The number of para-hydroxylation sites is 1. The highest BCUT2D eigenvalue weighted by atomic mass is 32.1. The fourth-order valence-corrected chi connectivity index (χ4v) is 3.01. The van der Waals surface area contributed by atoms with Gasteiger partial charge in [-0.25, -0.2) is 0 Å². The van der Waals surface area contributed by atoms with Gasteiger partial charge in [0.2, 0.25) is 12.1 Å². The Kier molecular flexibility index (Phi) is 4.85. The number of benzene rings is 1. The first kappa shape index (κ1) is 17.8. The molecule has 0 radical (unpaired) electrons. The minimum absolute atomic E-state index is 0.175. The highest BCUT2D eigenvalue weighted by Gasteiger charge is 2.37. The van der Waals surface area contributed by atoms with Crippen molar-refractivity contribution in [1.82, 2.24) is 14.6 Å². The van der Waals surface area contributed by atoms with Crippen molar-refractivity contribution >= 4 is 29.3 Å². The van der Waals surface area contributed by atoms with E-state index in [1.165, 1.54) is 26.0 Å². The van der Waals surface area contributed by atoms with E-state index in [0.717, 1.165) is 11.5 Å². The molecular weight excluding hydrogens is 360 g/mol. The van der Waals surface area contributed by atoms with Gasteiger partial charge >= 0.3 is 5.97 Å². The van der Waals surface area contributed by atoms with Gasteiger partial charge in [0, 0.05) is 13.8 Å². The van der Waals surface area contributed by atoms with Crippen molar-refractivity contribution in [3.05, 3.63) is 34.3 Å². The SMILES string of the molecule is COc1cccc(C2OC(c3snnc3C)=NN2C(C)=O)c1OC(C)=O. The Labute approximate surface area is 153 Å². The lowest BCUT2D eigenvalue weighted by atomic mass is 10.1. The van der Waals surface area contributed by atoms with Crippen LogP contribution in [0.5, 0.6) is 11.5 Å². The van der Waals surface area contributed by atoms with Gasteiger partial charge in [-0.3, -0.25) is 9.59 Å². The van der Waals surface area contributed by atoms with Crippen LogP contribution >= 0.6 is 11.5 Å². The number of aromatic nitrogens is 2. The highest BCUT2D eigenvalue weighted by Crippen LogP contribution is 2.41. The average Bonchev–Trinajstić information content (AvgIpc) is 3.20. The molecule has 1 aliphatic rings. The molecule has 9 nitrogen and oxygen atoms in total. The summed E-state index contributed by atoms with van der Waals surface area (Å²) in [5.74, 6) is -0.110. The summed E-state index contributed by atoms with van der Waals surface area (Å²) in [5, 5.41) is 9.36. The van der Waals surface area contributed by atoms with E-state index in [1.54, 1.807) is 25.1 Å². The van der Waals surface area contributed by atoms with Crippen molar-refractivity contribution in [3.63, 3.8) is 0 Å². The van der Waals surface area contributed by atoms with E-state index in [1.807, 2.05) is 0 Å². The molecule has 0 spiro atoms. The van der Waals surface area contributed by atoms with E-state index in [-0.39, 0.29) is 17.6 Å². The van der Waals surface area contributed by atoms with Crippen molar-refractivity contribution in [2.24, 2.45) is 5.10 Å². The second-order valence-electron chi connectivity index (χ2n) is 5.40. The van der Waals surface area contributed by atoms with Crippen molar-refractivity contribution in [2.75, 3.05) is 7.11 Å². The summed E-state index contributed by atoms with van der Waals surface area (Å²) in [6.07, 6.45) is -0.909. The molecule has 3 rings (SSSR count). The summed E-state index contributed by atoms with van der Waals surface area (Å²) < 4.78 is 20.3. The van der Waals surface area contributed by atoms with Crippen LogP contribution in [-0.4, -0.2) is 39.5 Å². The summed E-state index contributed by atoms with van der Waals surface area (Å²) in [5.41, 5.74) is 1.08. The Morgan fingerprint density at radius 3 is 2.65 bits per heavy atom. The third-order valence-corrected chi connectivity index (χ3v) is 4.37. The van der Waals surface area contributed by atoms with Crippen LogP contribution in [0.1, 0.15) is 36.2 Å². The van der Waals surface area contributed by atoms with E-state index in [4.69, 9.17) is 14.2 Å². The number of amides is 1. The highest BCUT2D eigenvalue weighted by molar-refractivity contribution is 7.08. The van der Waals surface area contributed by atoms with Gasteiger partial charge in [0.15, 0.2) is 11.5 Å². The van der Waals surface area contributed by atoms with Crippen molar-refractivity contribution < 1.29 is 23.8 Å². The maximum atomic E-state index is 12.1. The van der Waals surface area contributed by atoms with Gasteiger partial charge in [-0.15, -0.1) is 10.2 Å². The second-order valence-corrected chi connectivity index (χ2v) is 6.15. The third kappa shape index (κ3) is 3.23. The Morgan fingerprint density at radius 2 is 2.08 bits per heavy atom. The molecule has 1 aromatic carbocycles. The number of aryl methyl sites for hydroxylation is 1. The molecule has 1 aromatic heterocycles. The minimum atomic E-state index is -0.909. The van der Waals surface area contributed by atoms with Gasteiger partial charge in [-0.1, -0.05) is 10.6 Å². The zero-order chi connectivity index (χ0) is 18.8. The first-order chi connectivity index (χ1) is 12.4. The lowest BCUT2D eigenvalue weighted by molar-refractivity contribution is -0.135. The second kappa shape index (κ2) is 7.08. The Balaban J connectivity index is 2.05. The van der Waals surface area contributed by atoms with Crippen LogP contribution in [0.2, 0.25) is 0 Å². The smallest absolute Gasteiger partial charge is 0.308 e. The first-order valence-corrected chi connectivity index (χ1v) is 8.39. The van der Waals surface area contributed by atoms with Crippen LogP contribution in [0.4, 0.5) is 0 Å². The number of hydrogen-bond donors (Lipinski definition) is 0. The standard InChI is InChI=1S/C16H16N4O5S/c1-8-14(26-19-17-8)15-18-20(9(2)21)16(25-15)11-6-5-7-12(23-4)13(11)24-10(3)22/h5-7,16H,1-4H3. The largest absolute Gasteiger partial charge is 0.493 e. The average molecular weight is 376 g/mol. The van der Waals surface area contributed by atoms with E-state index < -0.39 is 12.2 Å². The molecule has 1 amide bonds. The molecule has 0 aliphatic carbocycles. The fourth-order valence-electron chi connectivity index (χ4n) is 2.43. The number of hydrazone groups is 1. The summed E-state index contributed by atoms with van der Waals surface area (Å²) in [7, 11) is 1.46.